The summed E-state index contributed by atoms with van der Waals surface area (Å²) in [6.07, 6.45) is 3.33. The van der Waals surface area contributed by atoms with Crippen LogP contribution in [-0.2, 0) is 16.0 Å². The van der Waals surface area contributed by atoms with Gasteiger partial charge in [-0.15, -0.1) is 0 Å². The second-order valence-corrected chi connectivity index (χ2v) is 8.62. The molecule has 0 bridgehead atoms. The molecule has 0 unspecified atom stereocenters. The fourth-order valence-corrected chi connectivity index (χ4v) is 4.25. The molecule has 35 heavy (non-hydrogen) atoms. The summed E-state index contributed by atoms with van der Waals surface area (Å²) in [5.74, 6) is 0.709. The van der Waals surface area contributed by atoms with Gasteiger partial charge in [-0.2, -0.15) is 5.10 Å². The lowest BCUT2D eigenvalue weighted by atomic mass is 10.1. The molecule has 4 aromatic rings. The predicted octanol–water partition coefficient (Wildman–Crippen LogP) is 3.13. The van der Waals surface area contributed by atoms with Crippen LogP contribution in [0.2, 0.25) is 0 Å². The van der Waals surface area contributed by atoms with Crippen molar-refractivity contribution in [3.63, 3.8) is 0 Å². The summed E-state index contributed by atoms with van der Waals surface area (Å²) in [6.45, 7) is 5.98. The maximum atomic E-state index is 11.8. The van der Waals surface area contributed by atoms with Crippen molar-refractivity contribution in [1.82, 2.24) is 29.2 Å². The number of ether oxygens (including phenoxy) is 2. The van der Waals surface area contributed by atoms with Crippen molar-refractivity contribution in [3.05, 3.63) is 54.5 Å². The molecule has 5 rings (SSSR count). The first kappa shape index (κ1) is 22.9. The second kappa shape index (κ2) is 9.75. The molecule has 182 valence electrons. The Morgan fingerprint density at radius 2 is 2.03 bits per heavy atom. The minimum atomic E-state index is -0.378. The van der Waals surface area contributed by atoms with Gasteiger partial charge < -0.3 is 23.8 Å². The standard InChI is InChI=1S/C25H29N7O3/c1-18-5-4-6-19(15-18)20-7-8-32(28-20)22-16-21(30-11-13-35-14-12-30)23-24(27-22)31(17-26-23)10-9-29(2)25(33)34-3/h4-8,15-17H,9-14H2,1-3H3. The number of nitrogens with zero attached hydrogens (tertiary/aromatic N) is 7. The molecule has 10 heteroatoms. The SMILES string of the molecule is COC(=O)N(C)CCn1cnc2c(N3CCOCC3)cc(-n3ccc(-c4cccc(C)c4)n3)nc21. The number of aromatic nitrogens is 5. The molecule has 0 N–H and O–H groups in total. The van der Waals surface area contributed by atoms with Crippen LogP contribution in [0.3, 0.4) is 0 Å². The lowest BCUT2D eigenvalue weighted by molar-refractivity contribution is 0.123. The summed E-state index contributed by atoms with van der Waals surface area (Å²) in [6, 6.07) is 12.3. The zero-order valence-electron chi connectivity index (χ0n) is 20.2. The normalized spacial score (nSPS) is 13.9. The molecule has 10 nitrogen and oxygen atoms in total. The van der Waals surface area contributed by atoms with E-state index >= 15 is 0 Å². The number of morpholine rings is 1. The highest BCUT2D eigenvalue weighted by atomic mass is 16.5. The smallest absolute Gasteiger partial charge is 0.409 e. The highest BCUT2D eigenvalue weighted by Crippen LogP contribution is 2.29. The van der Waals surface area contributed by atoms with Gasteiger partial charge >= 0.3 is 6.09 Å². The largest absolute Gasteiger partial charge is 0.453 e. The maximum Gasteiger partial charge on any atom is 0.409 e. The van der Waals surface area contributed by atoms with Crippen molar-refractivity contribution >= 4 is 22.9 Å². The average molecular weight is 476 g/mol. The topological polar surface area (TPSA) is 90.5 Å². The molecule has 1 fully saturated rings. The number of anilines is 1. The first-order chi connectivity index (χ1) is 17.0. The number of aryl methyl sites for hydroxylation is 1. The quantitative estimate of drug-likeness (QED) is 0.423. The van der Waals surface area contributed by atoms with Crippen LogP contribution in [0.4, 0.5) is 10.5 Å². The van der Waals surface area contributed by atoms with E-state index in [2.05, 4.69) is 35.0 Å². The molecular formula is C25H29N7O3. The molecule has 0 aliphatic carbocycles. The van der Waals surface area contributed by atoms with Crippen LogP contribution < -0.4 is 4.90 Å². The summed E-state index contributed by atoms with van der Waals surface area (Å²) in [7, 11) is 3.09. The molecule has 1 aliphatic rings. The highest BCUT2D eigenvalue weighted by molar-refractivity contribution is 5.87. The van der Waals surface area contributed by atoms with E-state index in [1.165, 1.54) is 17.6 Å². The number of methoxy groups -OCH3 is 1. The molecule has 3 aromatic heterocycles. The minimum absolute atomic E-state index is 0.378. The molecule has 1 saturated heterocycles. The van der Waals surface area contributed by atoms with Gasteiger partial charge in [-0.05, 0) is 19.1 Å². The zero-order chi connectivity index (χ0) is 24.4. The van der Waals surface area contributed by atoms with E-state index in [0.717, 1.165) is 41.2 Å². The van der Waals surface area contributed by atoms with Crippen molar-refractivity contribution < 1.29 is 14.3 Å². The fourth-order valence-electron chi connectivity index (χ4n) is 4.25. The minimum Gasteiger partial charge on any atom is -0.453 e. The Morgan fingerprint density at radius 1 is 1.20 bits per heavy atom. The Labute approximate surface area is 203 Å². The van der Waals surface area contributed by atoms with Gasteiger partial charge in [0.25, 0.3) is 0 Å². The lowest BCUT2D eigenvalue weighted by Gasteiger charge is -2.29. The number of likely N-dealkylation sites (N-methyl/N-ethyl adjacent to an activating group) is 1. The van der Waals surface area contributed by atoms with Gasteiger partial charge in [0.1, 0.15) is 5.52 Å². The Hall–Kier alpha value is -3.92. The van der Waals surface area contributed by atoms with E-state index < -0.39 is 0 Å². The highest BCUT2D eigenvalue weighted by Gasteiger charge is 2.20. The summed E-state index contributed by atoms with van der Waals surface area (Å²) < 4.78 is 14.1. The monoisotopic (exact) mass is 475 g/mol. The van der Waals surface area contributed by atoms with Crippen LogP contribution in [0.1, 0.15) is 5.56 Å². The summed E-state index contributed by atoms with van der Waals surface area (Å²) in [5, 5.41) is 4.82. The lowest BCUT2D eigenvalue weighted by Crippen LogP contribution is -2.36. The van der Waals surface area contributed by atoms with E-state index in [9.17, 15) is 4.79 Å². The summed E-state index contributed by atoms with van der Waals surface area (Å²) in [5.41, 5.74) is 5.70. The van der Waals surface area contributed by atoms with E-state index in [1.54, 1.807) is 18.1 Å². The van der Waals surface area contributed by atoms with Crippen LogP contribution >= 0.6 is 0 Å². The number of carbonyl (C=O) groups excluding carboxylic acids is 1. The number of rotatable bonds is 6. The van der Waals surface area contributed by atoms with E-state index in [1.807, 2.05) is 29.0 Å². The van der Waals surface area contributed by atoms with Crippen LogP contribution in [0.5, 0.6) is 0 Å². The van der Waals surface area contributed by atoms with Crippen LogP contribution in [0.15, 0.2) is 48.9 Å². The number of amides is 1. The van der Waals surface area contributed by atoms with Crippen LogP contribution in [-0.4, -0.2) is 82.3 Å². The number of carbonyl (C=O) groups is 1. The molecule has 4 heterocycles. The molecule has 0 spiro atoms. The molecule has 0 saturated carbocycles. The first-order valence-electron chi connectivity index (χ1n) is 11.6. The number of fused-ring (bicyclic) bond motifs is 1. The van der Waals surface area contributed by atoms with Crippen LogP contribution in [0.25, 0.3) is 28.2 Å². The number of pyridine rings is 1. The second-order valence-electron chi connectivity index (χ2n) is 8.62. The third-order valence-electron chi connectivity index (χ3n) is 6.19. The van der Waals surface area contributed by atoms with Gasteiger partial charge in [0.05, 0.1) is 38.0 Å². The van der Waals surface area contributed by atoms with Crippen molar-refractivity contribution in [2.24, 2.45) is 0 Å². The van der Waals surface area contributed by atoms with E-state index in [-0.39, 0.29) is 6.09 Å². The van der Waals surface area contributed by atoms with Crippen molar-refractivity contribution in [3.8, 4) is 17.1 Å². The predicted molar refractivity (Wildman–Crippen MR) is 133 cm³/mol. The van der Waals surface area contributed by atoms with Crippen molar-refractivity contribution in [2.75, 3.05) is 51.9 Å². The molecule has 1 aromatic carbocycles. The average Bonchev–Trinajstić information content (AvgIpc) is 3.54. The van der Waals surface area contributed by atoms with Gasteiger partial charge in [0.15, 0.2) is 11.5 Å². The summed E-state index contributed by atoms with van der Waals surface area (Å²) >= 11 is 0. The molecule has 0 atom stereocenters. The third kappa shape index (κ3) is 4.69. The van der Waals surface area contributed by atoms with Crippen molar-refractivity contribution in [1.29, 1.82) is 0 Å². The Morgan fingerprint density at radius 3 is 2.80 bits per heavy atom. The van der Waals surface area contributed by atoms with Gasteiger partial charge in [-0.3, -0.25) is 0 Å². The van der Waals surface area contributed by atoms with Gasteiger partial charge in [-0.25, -0.2) is 19.4 Å². The van der Waals surface area contributed by atoms with Gasteiger partial charge in [-0.1, -0.05) is 23.8 Å². The first-order valence-corrected chi connectivity index (χ1v) is 11.6. The van der Waals surface area contributed by atoms with E-state index in [0.29, 0.717) is 32.1 Å². The number of benzene rings is 1. The van der Waals surface area contributed by atoms with Crippen molar-refractivity contribution in [2.45, 2.75) is 13.5 Å². The molecule has 1 amide bonds. The Bertz CT molecular complexity index is 1340. The molecule has 1 aliphatic heterocycles. The fraction of sp³-hybridized carbons (Fsp3) is 0.360. The molecular weight excluding hydrogens is 446 g/mol. The van der Waals surface area contributed by atoms with E-state index in [4.69, 9.17) is 19.6 Å². The van der Waals surface area contributed by atoms with Crippen LogP contribution in [0, 0.1) is 6.92 Å². The van der Waals surface area contributed by atoms with Gasteiger partial charge in [0.2, 0.25) is 0 Å². The Kier molecular flexibility index (Phi) is 6.37. The molecule has 0 radical (unpaired) electrons. The number of imidazole rings is 1. The van der Waals surface area contributed by atoms with Gasteiger partial charge in [0, 0.05) is 51.1 Å². The summed E-state index contributed by atoms with van der Waals surface area (Å²) in [4.78, 5) is 25.2. The number of hydrogen-bond donors (Lipinski definition) is 0. The maximum absolute atomic E-state index is 11.8. The third-order valence-corrected chi connectivity index (χ3v) is 6.19. The number of hydrogen-bond acceptors (Lipinski definition) is 7. The zero-order valence-corrected chi connectivity index (χ0v) is 20.2. The Balaban J connectivity index is 1.54.